The third-order valence-corrected chi connectivity index (χ3v) is 6.57. The molecule has 0 radical (unpaired) electrons. The Morgan fingerprint density at radius 1 is 0.840 bits per heavy atom. The lowest BCUT2D eigenvalue weighted by molar-refractivity contribution is -0.127. The number of hydrogen-bond donors (Lipinski definition) is 0. The predicted octanol–water partition coefficient (Wildman–Crippen LogP) is 5.81. The number of carbonyl (C=O) groups excluding carboxylic acids is 1. The Morgan fingerprint density at radius 3 is 1.96 bits per heavy atom. The predicted molar refractivity (Wildman–Crippen MR) is 103 cm³/mol. The third-order valence-electron chi connectivity index (χ3n) is 6.57. The van der Waals surface area contributed by atoms with Crippen LogP contribution < -0.4 is 4.90 Å². The van der Waals surface area contributed by atoms with Crippen LogP contribution in [0.4, 0.5) is 11.4 Å². The number of rotatable bonds is 1. The summed E-state index contributed by atoms with van der Waals surface area (Å²) in [6, 6.07) is 16.5. The van der Waals surface area contributed by atoms with E-state index in [0.717, 1.165) is 28.9 Å². The lowest BCUT2D eigenvalue weighted by atomic mass is 9.62. The van der Waals surface area contributed by atoms with Crippen molar-refractivity contribution in [3.05, 3.63) is 59.7 Å². The van der Waals surface area contributed by atoms with E-state index in [2.05, 4.69) is 36.4 Å². The SMILES string of the molecule is O=C(C1CCCC12CCC2)N1c2ccccc2C=Cc2ccccc21. The van der Waals surface area contributed by atoms with Gasteiger partial charge < -0.3 is 0 Å². The van der Waals surface area contributed by atoms with Crippen LogP contribution in [0.2, 0.25) is 0 Å². The van der Waals surface area contributed by atoms with Gasteiger partial charge in [0.25, 0.3) is 0 Å². The molecule has 3 aliphatic rings. The Hall–Kier alpha value is -2.35. The lowest BCUT2D eigenvalue weighted by Gasteiger charge is -2.44. The number of benzene rings is 2. The first kappa shape index (κ1) is 14.9. The van der Waals surface area contributed by atoms with Crippen molar-refractivity contribution in [1.82, 2.24) is 0 Å². The molecule has 2 saturated carbocycles. The fraction of sp³-hybridized carbons (Fsp3) is 0.348. The second-order valence-corrected chi connectivity index (χ2v) is 7.79. The molecule has 5 rings (SSSR count). The molecule has 2 fully saturated rings. The van der Waals surface area contributed by atoms with Crippen LogP contribution in [0.1, 0.15) is 49.7 Å². The van der Waals surface area contributed by atoms with Gasteiger partial charge in [0, 0.05) is 5.92 Å². The van der Waals surface area contributed by atoms with Crippen molar-refractivity contribution in [3.8, 4) is 0 Å². The molecule has 0 N–H and O–H groups in total. The summed E-state index contributed by atoms with van der Waals surface area (Å²) in [4.78, 5) is 15.8. The Bertz CT molecular complexity index is 812. The first-order valence-corrected chi connectivity index (χ1v) is 9.49. The second-order valence-electron chi connectivity index (χ2n) is 7.79. The molecule has 0 saturated heterocycles. The minimum atomic E-state index is 0.181. The molecule has 1 aliphatic heterocycles. The zero-order valence-electron chi connectivity index (χ0n) is 14.4. The highest BCUT2D eigenvalue weighted by Gasteiger charge is 2.51. The van der Waals surface area contributed by atoms with Gasteiger partial charge in [0.2, 0.25) is 5.91 Å². The highest BCUT2D eigenvalue weighted by Crippen LogP contribution is 2.58. The maximum Gasteiger partial charge on any atom is 0.235 e. The monoisotopic (exact) mass is 329 g/mol. The van der Waals surface area contributed by atoms with Crippen molar-refractivity contribution < 1.29 is 4.79 Å². The highest BCUT2D eigenvalue weighted by molar-refractivity contribution is 6.07. The van der Waals surface area contributed by atoms with Crippen LogP contribution in [0, 0.1) is 11.3 Å². The Labute approximate surface area is 149 Å². The van der Waals surface area contributed by atoms with Crippen LogP contribution in [0.15, 0.2) is 48.5 Å². The fourth-order valence-corrected chi connectivity index (χ4v) is 5.12. The van der Waals surface area contributed by atoms with E-state index in [1.165, 1.54) is 32.1 Å². The van der Waals surface area contributed by atoms with Crippen molar-refractivity contribution in [2.24, 2.45) is 11.3 Å². The lowest BCUT2D eigenvalue weighted by Crippen LogP contribution is -2.43. The Balaban J connectivity index is 1.65. The standard InChI is InChI=1S/C23H23NO/c25-22(19-9-5-14-23(19)15-6-16-23)24-20-10-3-1-7-17(20)12-13-18-8-2-4-11-21(18)24/h1-4,7-8,10-13,19H,5-6,9,14-16H2. The molecule has 25 heavy (non-hydrogen) atoms. The number of amides is 1. The third kappa shape index (κ3) is 2.20. The van der Waals surface area contributed by atoms with Crippen molar-refractivity contribution in [2.45, 2.75) is 38.5 Å². The van der Waals surface area contributed by atoms with Gasteiger partial charge in [0.1, 0.15) is 0 Å². The summed E-state index contributed by atoms with van der Waals surface area (Å²) >= 11 is 0. The molecule has 1 spiro atoms. The molecule has 1 heterocycles. The van der Waals surface area contributed by atoms with Gasteiger partial charge in [-0.2, -0.15) is 0 Å². The van der Waals surface area contributed by atoms with Gasteiger partial charge in [-0.3, -0.25) is 9.69 Å². The van der Waals surface area contributed by atoms with Crippen molar-refractivity contribution in [3.63, 3.8) is 0 Å². The van der Waals surface area contributed by atoms with Crippen LogP contribution in [-0.2, 0) is 4.79 Å². The molecule has 0 aromatic heterocycles. The van der Waals surface area contributed by atoms with E-state index in [4.69, 9.17) is 0 Å². The summed E-state index contributed by atoms with van der Waals surface area (Å²) in [5.41, 5.74) is 4.58. The van der Waals surface area contributed by atoms with E-state index in [1.54, 1.807) is 0 Å². The summed E-state index contributed by atoms with van der Waals surface area (Å²) in [5.74, 6) is 0.487. The number of hydrogen-bond acceptors (Lipinski definition) is 1. The molecule has 2 aromatic rings. The van der Waals surface area contributed by atoms with Gasteiger partial charge in [-0.1, -0.05) is 61.4 Å². The molecule has 2 aliphatic carbocycles. The minimum absolute atomic E-state index is 0.181. The van der Waals surface area contributed by atoms with Crippen LogP contribution in [-0.4, -0.2) is 5.91 Å². The molecule has 1 atom stereocenters. The molecular weight excluding hydrogens is 306 g/mol. The zero-order chi connectivity index (χ0) is 16.9. The second kappa shape index (κ2) is 5.59. The molecule has 2 aromatic carbocycles. The first-order chi connectivity index (χ1) is 12.3. The number of nitrogens with zero attached hydrogens (tertiary/aromatic N) is 1. The summed E-state index contributed by atoms with van der Waals surface area (Å²) in [6.07, 6.45) is 11.5. The largest absolute Gasteiger partial charge is 0.280 e. The smallest absolute Gasteiger partial charge is 0.235 e. The van der Waals surface area contributed by atoms with Gasteiger partial charge >= 0.3 is 0 Å². The maximum absolute atomic E-state index is 13.8. The molecule has 1 amide bonds. The van der Waals surface area contributed by atoms with Crippen molar-refractivity contribution in [1.29, 1.82) is 0 Å². The van der Waals surface area contributed by atoms with E-state index in [9.17, 15) is 4.79 Å². The average Bonchev–Trinajstić information content (AvgIpc) is 3.00. The van der Waals surface area contributed by atoms with Crippen molar-refractivity contribution in [2.75, 3.05) is 4.90 Å². The van der Waals surface area contributed by atoms with E-state index in [0.29, 0.717) is 11.3 Å². The summed E-state index contributed by atoms with van der Waals surface area (Å²) < 4.78 is 0. The van der Waals surface area contributed by atoms with Crippen LogP contribution in [0.3, 0.4) is 0 Å². The summed E-state index contributed by atoms with van der Waals surface area (Å²) in [6.45, 7) is 0. The number of para-hydroxylation sites is 2. The topological polar surface area (TPSA) is 20.3 Å². The molecule has 126 valence electrons. The van der Waals surface area contributed by atoms with Crippen LogP contribution in [0.25, 0.3) is 12.2 Å². The molecule has 2 heteroatoms. The van der Waals surface area contributed by atoms with Crippen LogP contribution in [0.5, 0.6) is 0 Å². The van der Waals surface area contributed by atoms with Crippen LogP contribution >= 0.6 is 0 Å². The van der Waals surface area contributed by atoms with E-state index >= 15 is 0 Å². The summed E-state index contributed by atoms with van der Waals surface area (Å²) in [5, 5.41) is 0. The van der Waals surface area contributed by atoms with Gasteiger partial charge in [-0.05, 0) is 54.4 Å². The highest BCUT2D eigenvalue weighted by atomic mass is 16.2. The normalized spacial score (nSPS) is 22.9. The van der Waals surface area contributed by atoms with Crippen molar-refractivity contribution >= 4 is 29.4 Å². The Kier molecular flexibility index (Phi) is 3.34. The first-order valence-electron chi connectivity index (χ1n) is 9.49. The van der Waals surface area contributed by atoms with E-state index in [-0.39, 0.29) is 5.92 Å². The maximum atomic E-state index is 13.8. The number of fused-ring (bicyclic) bond motifs is 2. The minimum Gasteiger partial charge on any atom is -0.280 e. The molecular formula is C23H23NO. The van der Waals surface area contributed by atoms with Gasteiger partial charge in [-0.15, -0.1) is 0 Å². The Morgan fingerprint density at radius 2 is 1.40 bits per heavy atom. The zero-order valence-corrected chi connectivity index (χ0v) is 14.4. The molecule has 2 nitrogen and oxygen atoms in total. The fourth-order valence-electron chi connectivity index (χ4n) is 5.12. The summed E-state index contributed by atoms with van der Waals surface area (Å²) in [7, 11) is 0. The molecule has 1 unspecified atom stereocenters. The van der Waals surface area contributed by atoms with Gasteiger partial charge in [0.05, 0.1) is 11.4 Å². The van der Waals surface area contributed by atoms with Gasteiger partial charge in [-0.25, -0.2) is 0 Å². The molecule has 0 bridgehead atoms. The van der Waals surface area contributed by atoms with Gasteiger partial charge in [0.15, 0.2) is 0 Å². The number of carbonyl (C=O) groups is 1. The number of anilines is 2. The van der Waals surface area contributed by atoms with E-state index in [1.807, 2.05) is 29.2 Å². The van der Waals surface area contributed by atoms with E-state index < -0.39 is 0 Å². The quantitative estimate of drug-likeness (QED) is 0.647. The average molecular weight is 329 g/mol.